The lowest BCUT2D eigenvalue weighted by Crippen LogP contribution is -2.24. The van der Waals surface area contributed by atoms with E-state index in [0.29, 0.717) is 11.3 Å². The maximum Gasteiger partial charge on any atom is 0.347 e. The van der Waals surface area contributed by atoms with Gasteiger partial charge in [0.15, 0.2) is 5.66 Å². The Kier molecular flexibility index (Phi) is 7.32. The lowest BCUT2D eigenvalue weighted by atomic mass is 10.0. The molecule has 7 heteroatoms. The minimum Gasteiger partial charge on any atom is -0.386 e. The Labute approximate surface area is 199 Å². The van der Waals surface area contributed by atoms with Gasteiger partial charge in [0.1, 0.15) is 0 Å². The summed E-state index contributed by atoms with van der Waals surface area (Å²) in [5.74, 6) is -0.451. The predicted molar refractivity (Wildman–Crippen MR) is 140 cm³/mol. The zero-order valence-corrected chi connectivity index (χ0v) is 20.5. The van der Waals surface area contributed by atoms with E-state index in [1.807, 2.05) is 78.9 Å². The largest absolute Gasteiger partial charge is 0.386 e. The van der Waals surface area contributed by atoms with Gasteiger partial charge in [0, 0.05) is 7.05 Å². The van der Waals surface area contributed by atoms with E-state index < -0.39 is 19.2 Å². The quantitative estimate of drug-likeness (QED) is 0.255. The van der Waals surface area contributed by atoms with E-state index in [1.54, 1.807) is 20.9 Å². The van der Waals surface area contributed by atoms with Crippen LogP contribution in [-0.4, -0.2) is 26.2 Å². The SMILES string of the molecule is CCOP(=O)(OCC)C(C(=O)Nc1cc2ccccc2cc1NC)c1cccc2ccccc12. The number of anilines is 2. The average Bonchev–Trinajstić information content (AvgIpc) is 2.84. The fourth-order valence-corrected chi connectivity index (χ4v) is 6.25. The summed E-state index contributed by atoms with van der Waals surface area (Å²) in [6, 6.07) is 25.1. The Morgan fingerprint density at radius 1 is 0.824 bits per heavy atom. The van der Waals surface area contributed by atoms with Crippen molar-refractivity contribution in [2.24, 2.45) is 0 Å². The van der Waals surface area contributed by atoms with Crippen molar-refractivity contribution in [2.75, 3.05) is 30.9 Å². The highest BCUT2D eigenvalue weighted by Gasteiger charge is 2.43. The summed E-state index contributed by atoms with van der Waals surface area (Å²) in [6.07, 6.45) is 0. The summed E-state index contributed by atoms with van der Waals surface area (Å²) in [4.78, 5) is 13.9. The molecule has 0 fully saturated rings. The second-order valence-corrected chi connectivity index (χ2v) is 9.94. The van der Waals surface area contributed by atoms with Crippen LogP contribution in [0.15, 0.2) is 78.9 Å². The summed E-state index contributed by atoms with van der Waals surface area (Å²) >= 11 is 0. The first kappa shape index (κ1) is 24.0. The molecule has 2 N–H and O–H groups in total. The van der Waals surface area contributed by atoms with Crippen LogP contribution in [0.1, 0.15) is 25.1 Å². The summed E-state index contributed by atoms with van der Waals surface area (Å²) in [6.45, 7) is 3.80. The van der Waals surface area contributed by atoms with Crippen LogP contribution < -0.4 is 10.6 Å². The normalized spacial score (nSPS) is 12.6. The second kappa shape index (κ2) is 10.4. The number of benzene rings is 4. The zero-order chi connectivity index (χ0) is 24.1. The monoisotopic (exact) mass is 476 g/mol. The number of carbonyl (C=O) groups excluding carboxylic acids is 1. The number of carbonyl (C=O) groups is 1. The molecule has 0 aliphatic carbocycles. The number of fused-ring (bicyclic) bond motifs is 2. The molecule has 0 heterocycles. The van der Waals surface area contributed by atoms with Crippen LogP contribution in [0.4, 0.5) is 11.4 Å². The van der Waals surface area contributed by atoms with Crippen molar-refractivity contribution < 1.29 is 18.4 Å². The fourth-order valence-electron chi connectivity index (χ4n) is 4.24. The van der Waals surface area contributed by atoms with Gasteiger partial charge in [-0.2, -0.15) is 0 Å². The van der Waals surface area contributed by atoms with Gasteiger partial charge in [-0.15, -0.1) is 0 Å². The first-order valence-electron chi connectivity index (χ1n) is 11.4. The second-order valence-electron chi connectivity index (χ2n) is 7.83. The highest BCUT2D eigenvalue weighted by molar-refractivity contribution is 7.55. The van der Waals surface area contributed by atoms with E-state index in [4.69, 9.17) is 9.05 Å². The molecule has 34 heavy (non-hydrogen) atoms. The van der Waals surface area contributed by atoms with E-state index in [9.17, 15) is 9.36 Å². The standard InChI is InChI=1S/C27H29N2O4P/c1-4-32-34(31,33-5-2)26(23-16-10-14-19-11-8-9-15-22(19)23)27(30)29-25-18-21-13-7-6-12-20(21)17-24(25)28-3/h6-18,26,28H,4-5H2,1-3H3,(H,29,30). The van der Waals surface area contributed by atoms with Gasteiger partial charge >= 0.3 is 7.60 Å². The minimum absolute atomic E-state index is 0.156. The maximum absolute atomic E-state index is 14.0. The average molecular weight is 477 g/mol. The van der Waals surface area contributed by atoms with Crippen molar-refractivity contribution in [1.29, 1.82) is 0 Å². The van der Waals surface area contributed by atoms with Crippen molar-refractivity contribution in [2.45, 2.75) is 19.5 Å². The molecular weight excluding hydrogens is 447 g/mol. The first-order valence-corrected chi connectivity index (χ1v) is 13.0. The van der Waals surface area contributed by atoms with Crippen LogP contribution in [-0.2, 0) is 18.4 Å². The van der Waals surface area contributed by atoms with Gasteiger partial charge in [-0.05, 0) is 53.1 Å². The zero-order valence-electron chi connectivity index (χ0n) is 19.6. The van der Waals surface area contributed by atoms with Crippen LogP contribution in [0, 0.1) is 0 Å². The van der Waals surface area contributed by atoms with Crippen molar-refractivity contribution in [1.82, 2.24) is 0 Å². The predicted octanol–water partition coefficient (Wildman–Crippen LogP) is 6.98. The van der Waals surface area contributed by atoms with Gasteiger partial charge in [-0.1, -0.05) is 66.7 Å². The van der Waals surface area contributed by atoms with E-state index in [0.717, 1.165) is 27.2 Å². The van der Waals surface area contributed by atoms with Gasteiger partial charge in [-0.25, -0.2) is 0 Å². The Balaban J connectivity index is 1.85. The lowest BCUT2D eigenvalue weighted by Gasteiger charge is -2.27. The molecule has 1 unspecified atom stereocenters. The molecule has 4 rings (SSSR count). The van der Waals surface area contributed by atoms with Crippen LogP contribution in [0.3, 0.4) is 0 Å². The number of amides is 1. The van der Waals surface area contributed by atoms with Gasteiger partial charge < -0.3 is 19.7 Å². The molecule has 6 nitrogen and oxygen atoms in total. The highest BCUT2D eigenvalue weighted by atomic mass is 31.2. The van der Waals surface area contributed by atoms with E-state index in [2.05, 4.69) is 10.6 Å². The summed E-state index contributed by atoms with van der Waals surface area (Å²) in [7, 11) is -2.05. The van der Waals surface area contributed by atoms with Crippen LogP contribution in [0.5, 0.6) is 0 Å². The summed E-state index contributed by atoms with van der Waals surface area (Å²) in [5, 5.41) is 9.95. The number of hydrogen-bond acceptors (Lipinski definition) is 5. The number of hydrogen-bond donors (Lipinski definition) is 2. The third kappa shape index (κ3) is 4.71. The van der Waals surface area contributed by atoms with Crippen molar-refractivity contribution in [3.8, 4) is 0 Å². The molecule has 4 aromatic rings. The molecule has 0 saturated carbocycles. The first-order chi connectivity index (χ1) is 16.5. The molecule has 0 aliphatic heterocycles. The molecular formula is C27H29N2O4P. The molecule has 1 atom stereocenters. The third-order valence-corrected chi connectivity index (χ3v) is 8.09. The molecule has 1 amide bonds. The number of nitrogens with one attached hydrogen (secondary N) is 2. The molecule has 4 aromatic carbocycles. The molecule has 0 spiro atoms. The molecule has 176 valence electrons. The molecule has 0 aromatic heterocycles. The number of rotatable bonds is 9. The summed E-state index contributed by atoms with van der Waals surface area (Å²) < 4.78 is 25.4. The molecule has 0 saturated heterocycles. The minimum atomic E-state index is -3.85. The van der Waals surface area contributed by atoms with Crippen molar-refractivity contribution >= 4 is 46.4 Å². The Bertz CT molecular complexity index is 1360. The third-order valence-electron chi connectivity index (χ3n) is 5.71. The van der Waals surface area contributed by atoms with Crippen molar-refractivity contribution in [3.63, 3.8) is 0 Å². The van der Waals surface area contributed by atoms with Gasteiger partial charge in [0.2, 0.25) is 5.91 Å². The lowest BCUT2D eigenvalue weighted by molar-refractivity contribution is -0.116. The van der Waals surface area contributed by atoms with Gasteiger partial charge in [0.25, 0.3) is 0 Å². The maximum atomic E-state index is 14.0. The Hall–Kier alpha value is -3.18. The topological polar surface area (TPSA) is 76.7 Å². The molecule has 0 aliphatic rings. The van der Waals surface area contributed by atoms with E-state index >= 15 is 0 Å². The van der Waals surface area contributed by atoms with Gasteiger partial charge in [0.05, 0.1) is 24.6 Å². The molecule has 0 radical (unpaired) electrons. The smallest absolute Gasteiger partial charge is 0.347 e. The van der Waals surface area contributed by atoms with Crippen LogP contribution in [0.2, 0.25) is 0 Å². The van der Waals surface area contributed by atoms with E-state index in [-0.39, 0.29) is 13.2 Å². The highest BCUT2D eigenvalue weighted by Crippen LogP contribution is 2.62. The Morgan fingerprint density at radius 2 is 1.38 bits per heavy atom. The van der Waals surface area contributed by atoms with Crippen molar-refractivity contribution in [3.05, 3.63) is 84.4 Å². The van der Waals surface area contributed by atoms with Crippen LogP contribution in [0.25, 0.3) is 21.5 Å². The Morgan fingerprint density at radius 3 is 2.00 bits per heavy atom. The van der Waals surface area contributed by atoms with Gasteiger partial charge in [-0.3, -0.25) is 9.36 Å². The fraction of sp³-hybridized carbons (Fsp3) is 0.222. The van der Waals surface area contributed by atoms with Crippen LogP contribution >= 0.6 is 7.60 Å². The van der Waals surface area contributed by atoms with E-state index in [1.165, 1.54) is 0 Å². The molecule has 0 bridgehead atoms. The summed E-state index contributed by atoms with van der Waals surface area (Å²) in [5.41, 5.74) is 0.810.